The smallest absolute Gasteiger partial charge is 0.323 e. The number of nitrogens with one attached hydrogen (secondary N) is 2. The second kappa shape index (κ2) is 9.04. The highest BCUT2D eigenvalue weighted by Gasteiger charge is 2.14. The molecule has 144 valence electrons. The van der Waals surface area contributed by atoms with Crippen LogP contribution in [0.2, 0.25) is 0 Å². The van der Waals surface area contributed by atoms with Crippen molar-refractivity contribution in [2.45, 2.75) is 33.1 Å². The molecule has 2 amide bonds. The summed E-state index contributed by atoms with van der Waals surface area (Å²) in [5.74, 6) is 1.47. The van der Waals surface area contributed by atoms with Crippen molar-refractivity contribution in [2.24, 2.45) is 0 Å². The van der Waals surface area contributed by atoms with Crippen LogP contribution >= 0.6 is 0 Å². The van der Waals surface area contributed by atoms with E-state index in [2.05, 4.69) is 35.5 Å². The molecule has 1 heterocycles. The highest BCUT2D eigenvalue weighted by molar-refractivity contribution is 6.00. The maximum absolute atomic E-state index is 12.4. The van der Waals surface area contributed by atoms with Crippen LogP contribution < -0.4 is 15.4 Å². The summed E-state index contributed by atoms with van der Waals surface area (Å²) in [5, 5.41) is 5.63. The van der Waals surface area contributed by atoms with Gasteiger partial charge in [-0.15, -0.1) is 0 Å². The van der Waals surface area contributed by atoms with Gasteiger partial charge in [0, 0.05) is 11.9 Å². The van der Waals surface area contributed by atoms with E-state index in [1.54, 1.807) is 18.3 Å². The molecule has 5 heteroatoms. The van der Waals surface area contributed by atoms with Crippen molar-refractivity contribution < 1.29 is 9.53 Å². The lowest BCUT2D eigenvalue weighted by Crippen LogP contribution is -2.20. The Morgan fingerprint density at radius 3 is 2.54 bits per heavy atom. The highest BCUT2D eigenvalue weighted by Crippen LogP contribution is 2.33. The van der Waals surface area contributed by atoms with Gasteiger partial charge in [-0.1, -0.05) is 49.7 Å². The van der Waals surface area contributed by atoms with Crippen molar-refractivity contribution >= 4 is 17.4 Å². The zero-order valence-electron chi connectivity index (χ0n) is 16.4. The first-order chi connectivity index (χ1) is 13.6. The fourth-order valence-corrected chi connectivity index (χ4v) is 2.79. The minimum Gasteiger partial charge on any atom is -0.437 e. The lowest BCUT2D eigenvalue weighted by Gasteiger charge is -2.16. The normalized spacial score (nSPS) is 11.5. The number of rotatable bonds is 6. The Morgan fingerprint density at radius 1 is 1.04 bits per heavy atom. The number of aromatic nitrogens is 1. The van der Waals surface area contributed by atoms with Crippen LogP contribution in [0.4, 0.5) is 16.2 Å². The molecule has 0 aliphatic heterocycles. The number of benzene rings is 2. The van der Waals surface area contributed by atoms with Crippen LogP contribution in [0.5, 0.6) is 11.6 Å². The van der Waals surface area contributed by atoms with E-state index in [9.17, 15) is 4.79 Å². The van der Waals surface area contributed by atoms with Crippen LogP contribution in [0.15, 0.2) is 66.9 Å². The third-order valence-corrected chi connectivity index (χ3v) is 4.60. The van der Waals surface area contributed by atoms with Gasteiger partial charge in [0.1, 0.15) is 11.4 Å². The van der Waals surface area contributed by atoms with Crippen molar-refractivity contribution in [1.82, 2.24) is 4.98 Å². The number of carbonyl (C=O) groups is 1. The van der Waals surface area contributed by atoms with E-state index in [1.165, 1.54) is 0 Å². The number of ether oxygens (including phenoxy) is 1. The molecule has 0 aliphatic carbocycles. The second-order valence-electron chi connectivity index (χ2n) is 6.75. The van der Waals surface area contributed by atoms with Gasteiger partial charge in [0.05, 0.1) is 0 Å². The highest BCUT2D eigenvalue weighted by atomic mass is 16.5. The van der Waals surface area contributed by atoms with Crippen molar-refractivity contribution in [1.29, 1.82) is 0 Å². The van der Waals surface area contributed by atoms with E-state index in [0.29, 0.717) is 17.5 Å². The first-order valence-corrected chi connectivity index (χ1v) is 9.43. The molecule has 0 radical (unpaired) electrons. The molecule has 2 aromatic carbocycles. The van der Waals surface area contributed by atoms with Gasteiger partial charge < -0.3 is 15.4 Å². The average molecular weight is 375 g/mol. The number of amides is 2. The summed E-state index contributed by atoms with van der Waals surface area (Å²) >= 11 is 0. The summed E-state index contributed by atoms with van der Waals surface area (Å²) in [7, 11) is 0. The summed E-state index contributed by atoms with van der Waals surface area (Å²) in [6.07, 6.45) is 2.65. The monoisotopic (exact) mass is 375 g/mol. The van der Waals surface area contributed by atoms with Crippen LogP contribution in [0.3, 0.4) is 0 Å². The summed E-state index contributed by atoms with van der Waals surface area (Å²) in [5.41, 5.74) is 3.47. The number of pyridine rings is 1. The van der Waals surface area contributed by atoms with Crippen LogP contribution in [0.1, 0.15) is 37.3 Å². The molecule has 0 aliphatic rings. The topological polar surface area (TPSA) is 63.2 Å². The van der Waals surface area contributed by atoms with Gasteiger partial charge in [-0.05, 0) is 55.2 Å². The number of nitrogens with zero attached hydrogens (tertiary/aromatic N) is 1. The molecule has 1 aromatic heterocycles. The summed E-state index contributed by atoms with van der Waals surface area (Å²) in [6.45, 7) is 6.31. The second-order valence-corrected chi connectivity index (χ2v) is 6.75. The van der Waals surface area contributed by atoms with Gasteiger partial charge >= 0.3 is 6.03 Å². The number of carbonyl (C=O) groups excluding carboxylic acids is 1. The summed E-state index contributed by atoms with van der Waals surface area (Å²) < 4.78 is 6.08. The third kappa shape index (κ3) is 4.88. The Balaban J connectivity index is 1.77. The lowest BCUT2D eigenvalue weighted by atomic mass is 9.98. The summed E-state index contributed by atoms with van der Waals surface area (Å²) in [4.78, 5) is 16.7. The van der Waals surface area contributed by atoms with E-state index in [0.717, 1.165) is 29.0 Å². The number of aryl methyl sites for hydroxylation is 1. The zero-order valence-corrected chi connectivity index (χ0v) is 16.4. The Labute approximate surface area is 165 Å². The predicted molar refractivity (Wildman–Crippen MR) is 113 cm³/mol. The van der Waals surface area contributed by atoms with E-state index >= 15 is 0 Å². The molecule has 1 unspecified atom stereocenters. The molecule has 0 fully saturated rings. The first-order valence-electron chi connectivity index (χ1n) is 9.43. The SMILES string of the molecule is CCC(C)c1ccccc1Oc1ncccc1NC(=O)Nc1ccc(C)cc1. The molecule has 28 heavy (non-hydrogen) atoms. The fraction of sp³-hybridized carbons (Fsp3) is 0.217. The maximum atomic E-state index is 12.4. The number of urea groups is 1. The molecule has 5 nitrogen and oxygen atoms in total. The maximum Gasteiger partial charge on any atom is 0.323 e. The lowest BCUT2D eigenvalue weighted by molar-refractivity contribution is 0.262. The van der Waals surface area contributed by atoms with Crippen molar-refractivity contribution in [3.63, 3.8) is 0 Å². The number of hydrogen-bond donors (Lipinski definition) is 2. The van der Waals surface area contributed by atoms with Crippen LogP contribution in [0, 0.1) is 6.92 Å². The fourth-order valence-electron chi connectivity index (χ4n) is 2.79. The van der Waals surface area contributed by atoms with Crippen molar-refractivity contribution in [3.05, 3.63) is 78.0 Å². The third-order valence-electron chi connectivity index (χ3n) is 4.60. The Kier molecular flexibility index (Phi) is 6.27. The molecular weight excluding hydrogens is 350 g/mol. The van der Waals surface area contributed by atoms with E-state index in [1.807, 2.05) is 49.4 Å². The summed E-state index contributed by atoms with van der Waals surface area (Å²) in [6, 6.07) is 18.7. The average Bonchev–Trinajstić information content (AvgIpc) is 2.71. The quantitative estimate of drug-likeness (QED) is 0.528. The Bertz CT molecular complexity index is 939. The molecule has 3 aromatic rings. The minimum absolute atomic E-state index is 0.350. The van der Waals surface area contributed by atoms with Crippen LogP contribution in [0.25, 0.3) is 0 Å². The van der Waals surface area contributed by atoms with E-state index < -0.39 is 0 Å². The molecular formula is C23H25N3O2. The molecule has 2 N–H and O–H groups in total. The standard InChI is InChI=1S/C23H25N3O2/c1-4-17(3)19-8-5-6-10-21(19)28-22-20(9-7-15-24-22)26-23(27)25-18-13-11-16(2)12-14-18/h5-15,17H,4H2,1-3H3,(H2,25,26,27). The van der Waals surface area contributed by atoms with Crippen LogP contribution in [-0.2, 0) is 0 Å². The first kappa shape index (κ1) is 19.4. The number of anilines is 2. The van der Waals surface area contributed by atoms with Gasteiger partial charge in [-0.25, -0.2) is 9.78 Å². The minimum atomic E-state index is -0.350. The van der Waals surface area contributed by atoms with Crippen molar-refractivity contribution in [2.75, 3.05) is 10.6 Å². The zero-order chi connectivity index (χ0) is 19.9. The molecule has 1 atom stereocenters. The number of para-hydroxylation sites is 1. The van der Waals surface area contributed by atoms with Gasteiger partial charge in [0.15, 0.2) is 0 Å². The van der Waals surface area contributed by atoms with E-state index in [4.69, 9.17) is 4.74 Å². The van der Waals surface area contributed by atoms with Gasteiger partial charge in [0.25, 0.3) is 0 Å². The molecule has 3 rings (SSSR count). The Morgan fingerprint density at radius 2 is 1.79 bits per heavy atom. The van der Waals surface area contributed by atoms with E-state index in [-0.39, 0.29) is 6.03 Å². The Hall–Kier alpha value is -3.34. The van der Waals surface area contributed by atoms with Crippen molar-refractivity contribution in [3.8, 4) is 11.6 Å². The largest absolute Gasteiger partial charge is 0.437 e. The number of hydrogen-bond acceptors (Lipinski definition) is 3. The van der Waals surface area contributed by atoms with Gasteiger partial charge in [0.2, 0.25) is 5.88 Å². The molecule has 0 saturated heterocycles. The van der Waals surface area contributed by atoms with Gasteiger partial charge in [-0.2, -0.15) is 0 Å². The molecule has 0 spiro atoms. The van der Waals surface area contributed by atoms with Crippen LogP contribution in [-0.4, -0.2) is 11.0 Å². The van der Waals surface area contributed by atoms with Gasteiger partial charge in [-0.3, -0.25) is 0 Å². The molecule has 0 saturated carbocycles. The molecule has 0 bridgehead atoms. The predicted octanol–water partition coefficient (Wildman–Crippen LogP) is 6.34.